The summed E-state index contributed by atoms with van der Waals surface area (Å²) in [6.07, 6.45) is 0. The summed E-state index contributed by atoms with van der Waals surface area (Å²) in [7, 11) is 1.74. The number of ether oxygens (including phenoxy) is 1. The molecule has 0 fully saturated rings. The molecule has 0 spiro atoms. The van der Waals surface area contributed by atoms with Gasteiger partial charge in [-0.05, 0) is 30.2 Å². The van der Waals surface area contributed by atoms with Crippen LogP contribution in [-0.4, -0.2) is 32.7 Å². The number of benzene rings is 1. The van der Waals surface area contributed by atoms with E-state index in [1.165, 1.54) is 5.56 Å². The summed E-state index contributed by atoms with van der Waals surface area (Å²) in [4.78, 5) is 11.2. The average molecular weight is 264 g/mol. The van der Waals surface area contributed by atoms with Crippen molar-refractivity contribution >= 4 is 5.91 Å². The van der Waals surface area contributed by atoms with Gasteiger partial charge in [-0.1, -0.05) is 32.9 Å². The summed E-state index contributed by atoms with van der Waals surface area (Å²) < 4.78 is 5.64. The molecular formula is C15H24N2O2. The van der Waals surface area contributed by atoms with Gasteiger partial charge in [0, 0.05) is 0 Å². The summed E-state index contributed by atoms with van der Waals surface area (Å²) in [6.45, 7) is 7.83. The Hall–Kier alpha value is -1.55. The van der Waals surface area contributed by atoms with E-state index in [9.17, 15) is 4.79 Å². The number of likely N-dealkylation sites (N-methyl/N-ethyl adjacent to an activating group) is 1. The predicted octanol–water partition coefficient (Wildman–Crippen LogP) is 1.70. The first-order valence-electron chi connectivity index (χ1n) is 6.58. The van der Waals surface area contributed by atoms with Crippen molar-refractivity contribution in [2.75, 3.05) is 26.7 Å². The van der Waals surface area contributed by atoms with Crippen molar-refractivity contribution in [3.63, 3.8) is 0 Å². The van der Waals surface area contributed by atoms with Gasteiger partial charge in [-0.25, -0.2) is 0 Å². The van der Waals surface area contributed by atoms with Gasteiger partial charge in [-0.15, -0.1) is 0 Å². The van der Waals surface area contributed by atoms with Gasteiger partial charge in [0.25, 0.3) is 0 Å². The highest BCUT2D eigenvalue weighted by Crippen LogP contribution is 2.25. The molecule has 1 amide bonds. The van der Waals surface area contributed by atoms with E-state index in [4.69, 9.17) is 4.74 Å². The first kappa shape index (κ1) is 15.5. The summed E-state index contributed by atoms with van der Waals surface area (Å²) >= 11 is 0. The van der Waals surface area contributed by atoms with Crippen LogP contribution >= 0.6 is 0 Å². The minimum atomic E-state index is -0.0189. The van der Waals surface area contributed by atoms with Gasteiger partial charge in [0.05, 0.1) is 13.1 Å². The van der Waals surface area contributed by atoms with Gasteiger partial charge in [0.2, 0.25) is 5.91 Å². The van der Waals surface area contributed by atoms with E-state index in [2.05, 4.69) is 43.5 Å². The number of amides is 1. The highest BCUT2D eigenvalue weighted by atomic mass is 16.5. The smallest absolute Gasteiger partial charge is 0.234 e. The van der Waals surface area contributed by atoms with Gasteiger partial charge in [0.1, 0.15) is 12.4 Å². The van der Waals surface area contributed by atoms with Gasteiger partial charge in [-0.2, -0.15) is 0 Å². The second-order valence-electron chi connectivity index (χ2n) is 5.51. The molecule has 0 aromatic heterocycles. The second kappa shape index (κ2) is 7.14. The van der Waals surface area contributed by atoms with Crippen LogP contribution in [0.25, 0.3) is 0 Å². The normalized spacial score (nSPS) is 11.2. The molecule has 0 heterocycles. The zero-order valence-electron chi connectivity index (χ0n) is 12.2. The first-order chi connectivity index (χ1) is 8.93. The third-order valence-corrected chi connectivity index (χ3v) is 2.73. The van der Waals surface area contributed by atoms with Gasteiger partial charge in [-0.3, -0.25) is 4.79 Å². The molecule has 2 N–H and O–H groups in total. The quantitative estimate of drug-likeness (QED) is 0.769. The summed E-state index contributed by atoms with van der Waals surface area (Å²) in [5, 5.41) is 5.57. The minimum Gasteiger partial charge on any atom is -0.492 e. The molecule has 1 aromatic carbocycles. The van der Waals surface area contributed by atoms with E-state index in [1.54, 1.807) is 7.05 Å². The fourth-order valence-corrected chi connectivity index (χ4v) is 1.63. The summed E-state index contributed by atoms with van der Waals surface area (Å²) in [5.41, 5.74) is 1.35. The lowest BCUT2D eigenvalue weighted by Crippen LogP contribution is -2.34. The zero-order valence-corrected chi connectivity index (χ0v) is 12.2. The van der Waals surface area contributed by atoms with Gasteiger partial charge < -0.3 is 15.4 Å². The van der Waals surface area contributed by atoms with Gasteiger partial charge >= 0.3 is 0 Å². The van der Waals surface area contributed by atoms with Crippen LogP contribution in [0.1, 0.15) is 26.3 Å². The SMILES string of the molecule is CNCC(=O)NCCOc1cccc(C(C)(C)C)c1. The average Bonchev–Trinajstić information content (AvgIpc) is 2.34. The molecule has 0 saturated heterocycles. The van der Waals surface area contributed by atoms with E-state index in [1.807, 2.05) is 12.1 Å². The van der Waals surface area contributed by atoms with Crippen LogP contribution in [0.15, 0.2) is 24.3 Å². The van der Waals surface area contributed by atoms with Crippen molar-refractivity contribution in [1.82, 2.24) is 10.6 Å². The van der Waals surface area contributed by atoms with Crippen molar-refractivity contribution < 1.29 is 9.53 Å². The lowest BCUT2D eigenvalue weighted by atomic mass is 9.87. The van der Waals surface area contributed by atoms with E-state index in [0.29, 0.717) is 19.7 Å². The number of hydrogen-bond donors (Lipinski definition) is 2. The van der Waals surface area contributed by atoms with Gasteiger partial charge in [0.15, 0.2) is 0 Å². The third-order valence-electron chi connectivity index (χ3n) is 2.73. The van der Waals surface area contributed by atoms with Crippen molar-refractivity contribution in [3.8, 4) is 5.75 Å². The monoisotopic (exact) mass is 264 g/mol. The first-order valence-corrected chi connectivity index (χ1v) is 6.58. The lowest BCUT2D eigenvalue weighted by molar-refractivity contribution is -0.120. The molecule has 0 aliphatic heterocycles. The van der Waals surface area contributed by atoms with Crippen LogP contribution in [0.5, 0.6) is 5.75 Å². The number of carbonyl (C=O) groups is 1. The Morgan fingerprint density at radius 3 is 2.68 bits per heavy atom. The predicted molar refractivity (Wildman–Crippen MR) is 77.6 cm³/mol. The molecule has 1 aromatic rings. The van der Waals surface area contributed by atoms with Crippen LogP contribution < -0.4 is 15.4 Å². The molecule has 1 rings (SSSR count). The van der Waals surface area contributed by atoms with E-state index in [-0.39, 0.29) is 11.3 Å². The molecular weight excluding hydrogens is 240 g/mol. The standard InChI is InChI=1S/C15H24N2O2/c1-15(2,3)12-6-5-7-13(10-12)19-9-8-17-14(18)11-16-4/h5-7,10,16H,8-9,11H2,1-4H3,(H,17,18). The zero-order chi connectivity index (χ0) is 14.3. The van der Waals surface area contributed by atoms with Crippen LogP contribution in [0.2, 0.25) is 0 Å². The Morgan fingerprint density at radius 1 is 1.32 bits per heavy atom. The maximum absolute atomic E-state index is 11.2. The molecule has 19 heavy (non-hydrogen) atoms. The molecule has 0 aliphatic carbocycles. The lowest BCUT2D eigenvalue weighted by Gasteiger charge is -2.19. The third kappa shape index (κ3) is 5.75. The fraction of sp³-hybridized carbons (Fsp3) is 0.533. The van der Waals surface area contributed by atoms with Crippen molar-refractivity contribution in [2.24, 2.45) is 0 Å². The Morgan fingerprint density at radius 2 is 2.05 bits per heavy atom. The van der Waals surface area contributed by atoms with Crippen LogP contribution in [0.3, 0.4) is 0 Å². The summed E-state index contributed by atoms with van der Waals surface area (Å²) in [5.74, 6) is 0.824. The molecule has 0 atom stereocenters. The Kier molecular flexibility index (Phi) is 5.83. The molecule has 0 bridgehead atoms. The molecule has 106 valence electrons. The van der Waals surface area contributed by atoms with Crippen LogP contribution in [0.4, 0.5) is 0 Å². The molecule has 0 aliphatic rings. The number of carbonyl (C=O) groups excluding carboxylic acids is 1. The maximum atomic E-state index is 11.2. The molecule has 0 saturated carbocycles. The number of rotatable bonds is 6. The van der Waals surface area contributed by atoms with E-state index in [0.717, 1.165) is 5.75 Å². The van der Waals surface area contributed by atoms with E-state index < -0.39 is 0 Å². The van der Waals surface area contributed by atoms with Crippen molar-refractivity contribution in [3.05, 3.63) is 29.8 Å². The van der Waals surface area contributed by atoms with Crippen molar-refractivity contribution in [2.45, 2.75) is 26.2 Å². The Balaban J connectivity index is 2.40. The second-order valence-corrected chi connectivity index (χ2v) is 5.51. The van der Waals surface area contributed by atoms with Crippen LogP contribution in [0, 0.1) is 0 Å². The molecule has 0 radical (unpaired) electrons. The molecule has 4 nitrogen and oxygen atoms in total. The topological polar surface area (TPSA) is 50.4 Å². The minimum absolute atomic E-state index is 0.0189. The summed E-state index contributed by atoms with van der Waals surface area (Å²) in [6, 6.07) is 8.08. The number of hydrogen-bond acceptors (Lipinski definition) is 3. The highest BCUT2D eigenvalue weighted by Gasteiger charge is 2.13. The van der Waals surface area contributed by atoms with Crippen molar-refractivity contribution in [1.29, 1.82) is 0 Å². The van der Waals surface area contributed by atoms with E-state index >= 15 is 0 Å². The Labute approximate surface area is 115 Å². The Bertz CT molecular complexity index is 411. The molecule has 0 unspecified atom stereocenters. The fourth-order valence-electron chi connectivity index (χ4n) is 1.63. The number of nitrogens with one attached hydrogen (secondary N) is 2. The largest absolute Gasteiger partial charge is 0.492 e. The highest BCUT2D eigenvalue weighted by molar-refractivity contribution is 5.77. The van der Waals surface area contributed by atoms with Crippen LogP contribution in [-0.2, 0) is 10.2 Å². The molecule has 4 heteroatoms. The maximum Gasteiger partial charge on any atom is 0.234 e.